The Kier molecular flexibility index (Phi) is 4.44. The number of halogens is 2. The first-order chi connectivity index (χ1) is 6.64. The van der Waals surface area contributed by atoms with E-state index < -0.39 is 19.1 Å². The monoisotopic (exact) mass is 221 g/mol. The van der Waals surface area contributed by atoms with E-state index in [1.54, 1.807) is 11.3 Å². The Morgan fingerprint density at radius 1 is 1.50 bits per heavy atom. The van der Waals surface area contributed by atoms with Crippen molar-refractivity contribution in [3.63, 3.8) is 0 Å². The number of rotatable bonds is 6. The van der Waals surface area contributed by atoms with Crippen molar-refractivity contribution in [3.05, 3.63) is 22.4 Å². The van der Waals surface area contributed by atoms with Gasteiger partial charge in [0.1, 0.15) is 6.61 Å². The molecule has 80 valence electrons. The van der Waals surface area contributed by atoms with Crippen LogP contribution in [0.2, 0.25) is 0 Å². The Morgan fingerprint density at radius 2 is 2.29 bits per heavy atom. The second kappa shape index (κ2) is 5.38. The lowest BCUT2D eigenvalue weighted by molar-refractivity contribution is -0.0473. The average molecular weight is 221 g/mol. The van der Waals surface area contributed by atoms with Crippen molar-refractivity contribution in [2.24, 2.45) is 0 Å². The summed E-state index contributed by atoms with van der Waals surface area (Å²) in [4.78, 5) is 0. The summed E-state index contributed by atoms with van der Waals surface area (Å²) < 4.78 is 25.0. The summed E-state index contributed by atoms with van der Waals surface area (Å²) in [5, 5.41) is 14.8. The molecular formula is C9H13F2NOS. The van der Waals surface area contributed by atoms with Crippen LogP contribution < -0.4 is 5.32 Å². The van der Waals surface area contributed by atoms with Gasteiger partial charge in [-0.05, 0) is 35.4 Å². The highest BCUT2D eigenvalue weighted by atomic mass is 32.1. The molecule has 0 radical (unpaired) electrons. The molecule has 1 heterocycles. The molecule has 0 saturated heterocycles. The Bertz CT molecular complexity index is 251. The normalized spacial score (nSPS) is 11.9. The van der Waals surface area contributed by atoms with Crippen molar-refractivity contribution in [3.8, 4) is 0 Å². The molecular weight excluding hydrogens is 208 g/mol. The van der Waals surface area contributed by atoms with Gasteiger partial charge < -0.3 is 10.4 Å². The number of thiophene rings is 1. The maximum Gasteiger partial charge on any atom is 0.282 e. The third-order valence-electron chi connectivity index (χ3n) is 1.79. The molecule has 0 bridgehead atoms. The van der Waals surface area contributed by atoms with Crippen molar-refractivity contribution < 1.29 is 13.9 Å². The van der Waals surface area contributed by atoms with Crippen LogP contribution >= 0.6 is 11.3 Å². The van der Waals surface area contributed by atoms with Crippen molar-refractivity contribution >= 4 is 11.3 Å². The lowest BCUT2D eigenvalue weighted by atomic mass is 10.2. The van der Waals surface area contributed by atoms with Gasteiger partial charge in [0.15, 0.2) is 0 Å². The van der Waals surface area contributed by atoms with Crippen molar-refractivity contribution in [2.45, 2.75) is 12.3 Å². The van der Waals surface area contributed by atoms with Gasteiger partial charge in [-0.1, -0.05) is 0 Å². The predicted octanol–water partition coefficient (Wildman–Crippen LogP) is 1.51. The molecule has 0 aliphatic heterocycles. The molecule has 1 rings (SSSR count). The minimum absolute atomic E-state index is 0.465. The van der Waals surface area contributed by atoms with Crippen LogP contribution in [0.4, 0.5) is 8.78 Å². The molecule has 0 atom stereocenters. The zero-order valence-electron chi connectivity index (χ0n) is 7.67. The first-order valence-electron chi connectivity index (χ1n) is 4.34. The van der Waals surface area contributed by atoms with Crippen LogP contribution in [-0.4, -0.2) is 30.7 Å². The van der Waals surface area contributed by atoms with E-state index in [9.17, 15) is 8.78 Å². The molecule has 0 amide bonds. The summed E-state index contributed by atoms with van der Waals surface area (Å²) in [7, 11) is 0. The lowest BCUT2D eigenvalue weighted by Crippen LogP contribution is -2.36. The van der Waals surface area contributed by atoms with Gasteiger partial charge in [0, 0.05) is 0 Å². The molecule has 5 heteroatoms. The fourth-order valence-electron chi connectivity index (χ4n) is 0.995. The first kappa shape index (κ1) is 11.6. The number of nitrogens with one attached hydrogen (secondary N) is 1. The maximum absolute atomic E-state index is 12.5. The molecule has 1 aromatic rings. The minimum atomic E-state index is -3.01. The number of hydrogen-bond acceptors (Lipinski definition) is 3. The second-order valence-electron chi connectivity index (χ2n) is 3.07. The molecule has 14 heavy (non-hydrogen) atoms. The second-order valence-corrected chi connectivity index (χ2v) is 3.85. The van der Waals surface area contributed by atoms with Crippen molar-refractivity contribution in [2.75, 3.05) is 19.7 Å². The molecule has 1 aromatic heterocycles. The molecule has 0 aliphatic carbocycles. The molecule has 0 saturated carbocycles. The van der Waals surface area contributed by atoms with Gasteiger partial charge in [-0.2, -0.15) is 11.3 Å². The van der Waals surface area contributed by atoms with Crippen LogP contribution in [0.15, 0.2) is 16.8 Å². The quantitative estimate of drug-likeness (QED) is 0.714. The maximum atomic E-state index is 12.5. The van der Waals surface area contributed by atoms with Gasteiger partial charge in [0.05, 0.1) is 6.54 Å². The molecule has 0 aromatic carbocycles. The molecule has 0 unspecified atom stereocenters. The van der Waals surface area contributed by atoms with Crippen LogP contribution in [0, 0.1) is 0 Å². The van der Waals surface area contributed by atoms with Crippen LogP contribution in [0.25, 0.3) is 0 Å². The summed E-state index contributed by atoms with van der Waals surface area (Å²) in [6, 6.07) is 1.97. The highest BCUT2D eigenvalue weighted by Crippen LogP contribution is 2.10. The van der Waals surface area contributed by atoms with Gasteiger partial charge in [-0.15, -0.1) is 0 Å². The van der Waals surface area contributed by atoms with Crippen molar-refractivity contribution in [1.29, 1.82) is 0 Å². The smallest absolute Gasteiger partial charge is 0.282 e. The third-order valence-corrected chi connectivity index (χ3v) is 2.52. The van der Waals surface area contributed by atoms with E-state index in [4.69, 9.17) is 5.11 Å². The topological polar surface area (TPSA) is 32.3 Å². The van der Waals surface area contributed by atoms with E-state index in [1.807, 2.05) is 16.8 Å². The van der Waals surface area contributed by atoms with E-state index in [-0.39, 0.29) is 0 Å². The standard InChI is InChI=1S/C9H13F2NOS/c10-9(11,7-13)6-12-3-1-8-2-4-14-5-8/h2,4-5,12-13H,1,3,6-7H2. The lowest BCUT2D eigenvalue weighted by Gasteiger charge is -2.13. The predicted molar refractivity (Wildman–Crippen MR) is 52.9 cm³/mol. The molecule has 2 nitrogen and oxygen atoms in total. The summed E-state index contributed by atoms with van der Waals surface area (Å²) in [5.74, 6) is -3.01. The van der Waals surface area contributed by atoms with Gasteiger partial charge in [-0.25, -0.2) is 8.78 Å². The molecule has 0 spiro atoms. The molecule has 0 aliphatic rings. The van der Waals surface area contributed by atoms with Gasteiger partial charge in [-0.3, -0.25) is 0 Å². The highest BCUT2D eigenvalue weighted by Gasteiger charge is 2.26. The number of aliphatic hydroxyl groups excluding tert-OH is 1. The van der Waals surface area contributed by atoms with Crippen LogP contribution in [-0.2, 0) is 6.42 Å². The number of hydrogen-bond donors (Lipinski definition) is 2. The zero-order valence-corrected chi connectivity index (χ0v) is 8.49. The van der Waals surface area contributed by atoms with Gasteiger partial charge in [0.25, 0.3) is 5.92 Å². The van der Waals surface area contributed by atoms with E-state index in [2.05, 4.69) is 5.32 Å². The summed E-state index contributed by atoms with van der Waals surface area (Å²) in [6.07, 6.45) is 0.741. The Morgan fingerprint density at radius 3 is 2.86 bits per heavy atom. The minimum Gasteiger partial charge on any atom is -0.390 e. The van der Waals surface area contributed by atoms with E-state index in [0.29, 0.717) is 6.54 Å². The first-order valence-corrected chi connectivity index (χ1v) is 5.29. The summed E-state index contributed by atoms with van der Waals surface area (Å²) in [5.41, 5.74) is 1.15. The molecule has 2 N–H and O–H groups in total. The van der Waals surface area contributed by atoms with Crippen molar-refractivity contribution in [1.82, 2.24) is 5.32 Å². The average Bonchev–Trinajstić information content (AvgIpc) is 2.65. The Hall–Kier alpha value is -0.520. The fraction of sp³-hybridized carbons (Fsp3) is 0.556. The number of alkyl halides is 2. The van der Waals surface area contributed by atoms with Gasteiger partial charge >= 0.3 is 0 Å². The Labute approximate surface area is 85.6 Å². The van der Waals surface area contributed by atoms with E-state index in [1.165, 1.54) is 0 Å². The van der Waals surface area contributed by atoms with Crippen LogP contribution in [0.5, 0.6) is 0 Å². The zero-order chi connectivity index (χ0) is 10.4. The van der Waals surface area contributed by atoms with E-state index >= 15 is 0 Å². The summed E-state index contributed by atoms with van der Waals surface area (Å²) >= 11 is 1.59. The van der Waals surface area contributed by atoms with Gasteiger partial charge in [0.2, 0.25) is 0 Å². The fourth-order valence-corrected chi connectivity index (χ4v) is 1.70. The van der Waals surface area contributed by atoms with Crippen LogP contribution in [0.1, 0.15) is 5.56 Å². The molecule has 0 fully saturated rings. The Balaban J connectivity index is 2.11. The van der Waals surface area contributed by atoms with Crippen LogP contribution in [0.3, 0.4) is 0 Å². The number of aliphatic hydroxyl groups is 1. The third kappa shape index (κ3) is 4.13. The van der Waals surface area contributed by atoms with E-state index in [0.717, 1.165) is 12.0 Å². The largest absolute Gasteiger partial charge is 0.390 e. The SMILES string of the molecule is OCC(F)(F)CNCCc1ccsc1. The summed E-state index contributed by atoms with van der Waals surface area (Å²) in [6.45, 7) is -1.06. The highest BCUT2D eigenvalue weighted by molar-refractivity contribution is 7.07.